The van der Waals surface area contributed by atoms with E-state index in [9.17, 15) is 4.79 Å². The Kier molecular flexibility index (Phi) is 5.20. The van der Waals surface area contributed by atoms with Crippen molar-refractivity contribution in [3.63, 3.8) is 0 Å². The van der Waals surface area contributed by atoms with E-state index < -0.39 is 0 Å². The molecule has 0 aromatic heterocycles. The molecule has 1 aliphatic rings. The van der Waals surface area contributed by atoms with E-state index in [-0.39, 0.29) is 11.3 Å². The number of carbonyl (C=O) groups excluding carboxylic acids is 1. The van der Waals surface area contributed by atoms with Crippen molar-refractivity contribution >= 4 is 5.91 Å². The van der Waals surface area contributed by atoms with E-state index in [2.05, 4.69) is 32.6 Å². The lowest BCUT2D eigenvalue weighted by Gasteiger charge is -2.44. The summed E-state index contributed by atoms with van der Waals surface area (Å²) in [5, 5.41) is 0. The molecule has 1 rings (SSSR count). The number of nitrogens with zero attached hydrogens (tertiary/aromatic N) is 1. The first-order chi connectivity index (χ1) is 8.47. The van der Waals surface area contributed by atoms with Gasteiger partial charge in [-0.15, -0.1) is 0 Å². The van der Waals surface area contributed by atoms with E-state index in [1.54, 1.807) is 0 Å². The fourth-order valence-electron chi connectivity index (χ4n) is 3.04. The molecule has 0 aromatic rings. The molecular weight excluding hydrogens is 224 g/mol. The normalized spacial score (nSPS) is 25.3. The van der Waals surface area contributed by atoms with Crippen LogP contribution in [0.15, 0.2) is 0 Å². The van der Waals surface area contributed by atoms with Crippen molar-refractivity contribution in [1.82, 2.24) is 4.90 Å². The predicted molar refractivity (Wildman–Crippen MR) is 76.3 cm³/mol. The Morgan fingerprint density at radius 2 is 1.94 bits per heavy atom. The summed E-state index contributed by atoms with van der Waals surface area (Å²) in [4.78, 5) is 14.8. The second-order valence-electron chi connectivity index (χ2n) is 6.19. The quantitative estimate of drug-likeness (QED) is 0.820. The highest BCUT2D eigenvalue weighted by Gasteiger charge is 2.40. The summed E-state index contributed by atoms with van der Waals surface area (Å²) in [6, 6.07) is 0. The van der Waals surface area contributed by atoms with E-state index in [0.717, 1.165) is 38.8 Å². The molecule has 2 N–H and O–H groups in total. The summed E-state index contributed by atoms with van der Waals surface area (Å²) in [5.74, 6) is 0.286. The summed E-state index contributed by atoms with van der Waals surface area (Å²) in [6.07, 6.45) is 5.20. The smallest absolute Gasteiger partial charge is 0.230 e. The van der Waals surface area contributed by atoms with Crippen molar-refractivity contribution in [2.45, 2.75) is 59.8 Å². The van der Waals surface area contributed by atoms with Crippen molar-refractivity contribution in [2.75, 3.05) is 19.6 Å². The highest BCUT2D eigenvalue weighted by molar-refractivity contribution is 5.83. The van der Waals surface area contributed by atoms with Gasteiger partial charge in [0, 0.05) is 19.6 Å². The summed E-state index contributed by atoms with van der Waals surface area (Å²) in [5.41, 5.74) is 5.86. The minimum Gasteiger partial charge on any atom is -0.342 e. The van der Waals surface area contributed by atoms with Crippen LogP contribution in [0.2, 0.25) is 0 Å². The second-order valence-corrected chi connectivity index (χ2v) is 6.19. The average Bonchev–Trinajstić information content (AvgIpc) is 2.41. The molecule has 106 valence electrons. The molecule has 1 heterocycles. The second kappa shape index (κ2) is 6.05. The van der Waals surface area contributed by atoms with Gasteiger partial charge in [-0.05, 0) is 37.5 Å². The number of hydrogen-bond donors (Lipinski definition) is 1. The van der Waals surface area contributed by atoms with Gasteiger partial charge in [-0.1, -0.05) is 27.7 Å². The van der Waals surface area contributed by atoms with Crippen molar-refractivity contribution in [1.29, 1.82) is 0 Å². The number of nitrogens with two attached hydrogens (primary N) is 1. The van der Waals surface area contributed by atoms with Gasteiger partial charge >= 0.3 is 0 Å². The maximum Gasteiger partial charge on any atom is 0.230 e. The Morgan fingerprint density at radius 1 is 1.33 bits per heavy atom. The number of hydrogen-bond acceptors (Lipinski definition) is 2. The lowest BCUT2D eigenvalue weighted by molar-refractivity contribution is -0.145. The van der Waals surface area contributed by atoms with Gasteiger partial charge in [0.25, 0.3) is 0 Å². The predicted octanol–water partition coefficient (Wildman–Crippen LogP) is 2.79. The van der Waals surface area contributed by atoms with Gasteiger partial charge in [0.1, 0.15) is 0 Å². The Morgan fingerprint density at radius 3 is 2.39 bits per heavy atom. The zero-order valence-corrected chi connectivity index (χ0v) is 12.6. The molecule has 1 unspecified atom stereocenters. The van der Waals surface area contributed by atoms with Crippen LogP contribution in [0, 0.1) is 10.8 Å². The largest absolute Gasteiger partial charge is 0.342 e. The molecule has 1 saturated heterocycles. The van der Waals surface area contributed by atoms with Gasteiger partial charge in [0.15, 0.2) is 0 Å². The van der Waals surface area contributed by atoms with Crippen LogP contribution in [-0.2, 0) is 4.79 Å². The molecular formula is C15H30N2O. The Balaban J connectivity index is 2.83. The van der Waals surface area contributed by atoms with Crippen LogP contribution < -0.4 is 5.73 Å². The van der Waals surface area contributed by atoms with Gasteiger partial charge < -0.3 is 10.6 Å². The molecule has 1 fully saturated rings. The fourth-order valence-corrected chi connectivity index (χ4v) is 3.04. The molecule has 0 bridgehead atoms. The number of likely N-dealkylation sites (tertiary alicyclic amines) is 1. The van der Waals surface area contributed by atoms with Crippen LogP contribution in [0.4, 0.5) is 0 Å². The molecule has 0 aliphatic carbocycles. The average molecular weight is 254 g/mol. The fraction of sp³-hybridized carbons (Fsp3) is 0.933. The van der Waals surface area contributed by atoms with Crippen LogP contribution in [-0.4, -0.2) is 30.4 Å². The maximum absolute atomic E-state index is 12.8. The van der Waals surface area contributed by atoms with E-state index in [0.29, 0.717) is 12.0 Å². The zero-order chi connectivity index (χ0) is 13.8. The third-order valence-corrected chi connectivity index (χ3v) is 5.12. The van der Waals surface area contributed by atoms with Crippen molar-refractivity contribution in [3.8, 4) is 0 Å². The highest BCUT2D eigenvalue weighted by atomic mass is 16.2. The van der Waals surface area contributed by atoms with Gasteiger partial charge in [-0.3, -0.25) is 4.79 Å². The van der Waals surface area contributed by atoms with Gasteiger partial charge in [0.05, 0.1) is 5.41 Å². The van der Waals surface area contributed by atoms with Crippen molar-refractivity contribution in [3.05, 3.63) is 0 Å². The summed E-state index contributed by atoms with van der Waals surface area (Å²) in [7, 11) is 0. The molecule has 0 aromatic carbocycles. The lowest BCUT2D eigenvalue weighted by Crippen LogP contribution is -2.52. The minimum absolute atomic E-state index is 0.286. The molecule has 3 nitrogen and oxygen atoms in total. The molecule has 1 aliphatic heterocycles. The minimum atomic E-state index is -0.327. The van der Waals surface area contributed by atoms with Crippen LogP contribution in [0.3, 0.4) is 0 Å². The molecule has 0 spiro atoms. The summed E-state index contributed by atoms with van der Waals surface area (Å²) >= 11 is 0. The molecule has 0 radical (unpaired) electrons. The van der Waals surface area contributed by atoms with Crippen LogP contribution >= 0.6 is 0 Å². The number of piperidine rings is 1. The Bertz CT molecular complexity index is 278. The SMILES string of the molecule is CCC1(C)CCCN(C(=O)C(CC)(CC)CN)C1. The summed E-state index contributed by atoms with van der Waals surface area (Å²) in [6.45, 7) is 11.0. The van der Waals surface area contributed by atoms with Gasteiger partial charge in [0.2, 0.25) is 5.91 Å². The first-order valence-electron chi connectivity index (χ1n) is 7.46. The van der Waals surface area contributed by atoms with Crippen LogP contribution in [0.1, 0.15) is 59.8 Å². The van der Waals surface area contributed by atoms with Gasteiger partial charge in [-0.2, -0.15) is 0 Å². The molecule has 1 amide bonds. The van der Waals surface area contributed by atoms with E-state index >= 15 is 0 Å². The van der Waals surface area contributed by atoms with Crippen LogP contribution in [0.25, 0.3) is 0 Å². The first-order valence-corrected chi connectivity index (χ1v) is 7.46. The number of amides is 1. The number of carbonyl (C=O) groups is 1. The molecule has 1 atom stereocenters. The summed E-state index contributed by atoms with van der Waals surface area (Å²) < 4.78 is 0. The molecule has 3 heteroatoms. The van der Waals surface area contributed by atoms with E-state index in [1.807, 2.05) is 0 Å². The molecule has 18 heavy (non-hydrogen) atoms. The third kappa shape index (κ3) is 2.87. The van der Waals surface area contributed by atoms with Gasteiger partial charge in [-0.25, -0.2) is 0 Å². The van der Waals surface area contributed by atoms with Crippen molar-refractivity contribution < 1.29 is 4.79 Å². The van der Waals surface area contributed by atoms with E-state index in [1.165, 1.54) is 6.42 Å². The number of rotatable bonds is 5. The first kappa shape index (κ1) is 15.5. The maximum atomic E-state index is 12.8. The van der Waals surface area contributed by atoms with E-state index in [4.69, 9.17) is 5.73 Å². The Labute approximate surface area is 112 Å². The highest BCUT2D eigenvalue weighted by Crippen LogP contribution is 2.36. The molecule has 0 saturated carbocycles. The monoisotopic (exact) mass is 254 g/mol. The lowest BCUT2D eigenvalue weighted by atomic mass is 9.76. The Hall–Kier alpha value is -0.570. The van der Waals surface area contributed by atoms with Crippen LogP contribution in [0.5, 0.6) is 0 Å². The third-order valence-electron chi connectivity index (χ3n) is 5.12. The van der Waals surface area contributed by atoms with Crippen molar-refractivity contribution in [2.24, 2.45) is 16.6 Å². The topological polar surface area (TPSA) is 46.3 Å². The standard InChI is InChI=1S/C15H30N2O/c1-5-14(4)9-8-10-17(12-14)13(18)15(6-2,7-3)11-16/h5-12,16H2,1-4H3. The zero-order valence-electron chi connectivity index (χ0n) is 12.6.